The second-order valence-electron chi connectivity index (χ2n) is 7.51. The molecule has 1 amide bonds. The second-order valence-corrected chi connectivity index (χ2v) is 7.51. The van der Waals surface area contributed by atoms with Crippen molar-refractivity contribution in [2.45, 2.75) is 37.8 Å². The smallest absolute Gasteiger partial charge is 0.270 e. The summed E-state index contributed by atoms with van der Waals surface area (Å²) in [4.78, 5) is 22.9. The van der Waals surface area contributed by atoms with Gasteiger partial charge in [0.2, 0.25) is 0 Å². The van der Waals surface area contributed by atoms with Gasteiger partial charge in [-0.1, -0.05) is 0 Å². The zero-order chi connectivity index (χ0) is 15.8. The highest BCUT2D eigenvalue weighted by molar-refractivity contribution is 5.92. The molecule has 1 N–H and O–H groups in total. The van der Waals surface area contributed by atoms with Gasteiger partial charge in [-0.25, -0.2) is 0 Å². The van der Waals surface area contributed by atoms with Crippen LogP contribution in [-0.4, -0.2) is 77.4 Å². The molecule has 0 spiro atoms. The molecule has 3 atom stereocenters. The van der Waals surface area contributed by atoms with E-state index in [9.17, 15) is 4.79 Å². The van der Waals surface area contributed by atoms with Gasteiger partial charge in [0.25, 0.3) is 5.91 Å². The van der Waals surface area contributed by atoms with Crippen molar-refractivity contribution in [2.75, 3.05) is 39.8 Å². The first-order valence-corrected chi connectivity index (χ1v) is 9.09. The molecular weight excluding hydrogens is 288 g/mol. The van der Waals surface area contributed by atoms with Crippen LogP contribution in [0.25, 0.3) is 0 Å². The fraction of sp³-hybridized carbons (Fsp3) is 0.722. The Labute approximate surface area is 138 Å². The Morgan fingerprint density at radius 3 is 2.87 bits per heavy atom. The van der Waals surface area contributed by atoms with Crippen molar-refractivity contribution in [1.29, 1.82) is 0 Å². The molecule has 2 unspecified atom stereocenters. The number of nitrogens with one attached hydrogen (secondary N) is 1. The van der Waals surface area contributed by atoms with Gasteiger partial charge in [-0.05, 0) is 63.9 Å². The van der Waals surface area contributed by atoms with E-state index >= 15 is 0 Å². The van der Waals surface area contributed by atoms with Crippen LogP contribution in [0.3, 0.4) is 0 Å². The second kappa shape index (κ2) is 6.29. The Morgan fingerprint density at radius 1 is 1.30 bits per heavy atom. The Hall–Kier alpha value is -1.33. The van der Waals surface area contributed by atoms with E-state index in [-0.39, 0.29) is 5.91 Å². The highest BCUT2D eigenvalue weighted by atomic mass is 16.2. The standard InChI is InChI=1S/C18H28N4O/c1-20-15(13-21-8-2-3-9-21)11-14-12-22(10-6-17(14)20)18(23)16-5-4-7-19-16/h4-5,7,14-15,17,19H,2-3,6,8-13H2,1H3/t14?,15-,17?/m0/s1. The molecule has 5 heteroatoms. The molecule has 0 aromatic carbocycles. The number of likely N-dealkylation sites (tertiary alicyclic amines) is 3. The number of hydrogen-bond acceptors (Lipinski definition) is 3. The molecule has 0 radical (unpaired) electrons. The lowest BCUT2D eigenvalue weighted by molar-refractivity contribution is 0.0600. The topological polar surface area (TPSA) is 42.6 Å². The van der Waals surface area contributed by atoms with Crippen LogP contribution in [0.1, 0.15) is 36.2 Å². The lowest BCUT2D eigenvalue weighted by atomic mass is 9.92. The van der Waals surface area contributed by atoms with Gasteiger partial charge >= 0.3 is 0 Å². The van der Waals surface area contributed by atoms with Gasteiger partial charge in [0.1, 0.15) is 5.69 Å². The molecular formula is C18H28N4O. The summed E-state index contributed by atoms with van der Waals surface area (Å²) in [6.45, 7) is 5.57. The van der Waals surface area contributed by atoms with Crippen LogP contribution in [0.15, 0.2) is 18.3 Å². The van der Waals surface area contributed by atoms with Gasteiger partial charge in [-0.3, -0.25) is 9.69 Å². The van der Waals surface area contributed by atoms with Crippen LogP contribution in [0.4, 0.5) is 0 Å². The Kier molecular flexibility index (Phi) is 4.16. The number of fused-ring (bicyclic) bond motifs is 1. The van der Waals surface area contributed by atoms with E-state index in [1.165, 1.54) is 38.9 Å². The third-order valence-electron chi connectivity index (χ3n) is 6.15. The van der Waals surface area contributed by atoms with E-state index in [1.807, 2.05) is 18.3 Å². The molecule has 3 saturated heterocycles. The summed E-state index contributed by atoms with van der Waals surface area (Å²) < 4.78 is 0. The largest absolute Gasteiger partial charge is 0.357 e. The molecule has 0 bridgehead atoms. The van der Waals surface area contributed by atoms with Crippen LogP contribution in [-0.2, 0) is 0 Å². The van der Waals surface area contributed by atoms with Crippen LogP contribution >= 0.6 is 0 Å². The van der Waals surface area contributed by atoms with Gasteiger partial charge in [-0.15, -0.1) is 0 Å². The third kappa shape index (κ3) is 2.92. The van der Waals surface area contributed by atoms with Crippen molar-refractivity contribution >= 4 is 5.91 Å². The van der Waals surface area contributed by atoms with Gasteiger partial charge in [0.05, 0.1) is 0 Å². The molecule has 4 heterocycles. The quantitative estimate of drug-likeness (QED) is 0.922. The van der Waals surface area contributed by atoms with E-state index in [0.717, 1.165) is 25.2 Å². The Bertz CT molecular complexity index is 537. The average molecular weight is 316 g/mol. The maximum absolute atomic E-state index is 12.6. The SMILES string of the molecule is CN1C2CCN(C(=O)c3ccc[nH]3)CC2C[C@H]1CN1CCCC1. The molecule has 0 saturated carbocycles. The maximum Gasteiger partial charge on any atom is 0.270 e. The van der Waals surface area contributed by atoms with Crippen molar-refractivity contribution in [1.82, 2.24) is 19.7 Å². The summed E-state index contributed by atoms with van der Waals surface area (Å²) in [7, 11) is 2.30. The highest BCUT2D eigenvalue weighted by Gasteiger charge is 2.43. The predicted molar refractivity (Wildman–Crippen MR) is 90.4 cm³/mol. The lowest BCUT2D eigenvalue weighted by Crippen LogP contribution is -2.48. The normalized spacial score (nSPS) is 32.4. The molecule has 1 aromatic rings. The van der Waals surface area contributed by atoms with Crippen LogP contribution < -0.4 is 0 Å². The van der Waals surface area contributed by atoms with Gasteiger partial charge in [-0.2, -0.15) is 0 Å². The molecule has 3 aliphatic rings. The van der Waals surface area contributed by atoms with Crippen molar-refractivity contribution in [3.63, 3.8) is 0 Å². The molecule has 23 heavy (non-hydrogen) atoms. The van der Waals surface area contributed by atoms with Crippen molar-refractivity contribution in [3.8, 4) is 0 Å². The fourth-order valence-corrected chi connectivity index (χ4v) is 4.86. The van der Waals surface area contributed by atoms with E-state index < -0.39 is 0 Å². The van der Waals surface area contributed by atoms with Crippen molar-refractivity contribution < 1.29 is 4.79 Å². The number of nitrogens with zero attached hydrogens (tertiary/aromatic N) is 3. The number of amides is 1. The number of rotatable bonds is 3. The summed E-state index contributed by atoms with van der Waals surface area (Å²) in [5.74, 6) is 0.805. The van der Waals surface area contributed by atoms with Crippen LogP contribution in [0.2, 0.25) is 0 Å². The summed E-state index contributed by atoms with van der Waals surface area (Å²) in [5.41, 5.74) is 0.725. The minimum Gasteiger partial charge on any atom is -0.357 e. The minimum absolute atomic E-state index is 0.166. The molecule has 126 valence electrons. The first-order valence-electron chi connectivity index (χ1n) is 9.09. The molecule has 3 aliphatic heterocycles. The molecule has 3 fully saturated rings. The lowest BCUT2D eigenvalue weighted by Gasteiger charge is -2.37. The number of piperidine rings is 1. The van der Waals surface area contributed by atoms with E-state index in [1.54, 1.807) is 0 Å². The highest BCUT2D eigenvalue weighted by Crippen LogP contribution is 2.35. The van der Waals surface area contributed by atoms with Crippen LogP contribution in [0.5, 0.6) is 0 Å². The van der Waals surface area contributed by atoms with E-state index in [4.69, 9.17) is 0 Å². The number of H-pyrrole nitrogens is 1. The van der Waals surface area contributed by atoms with Gasteiger partial charge in [0, 0.05) is 37.9 Å². The zero-order valence-electron chi connectivity index (χ0n) is 14.1. The number of hydrogen-bond donors (Lipinski definition) is 1. The van der Waals surface area contributed by atoms with E-state index in [2.05, 4.69) is 26.7 Å². The van der Waals surface area contributed by atoms with E-state index in [0.29, 0.717) is 18.0 Å². The van der Waals surface area contributed by atoms with Crippen molar-refractivity contribution in [3.05, 3.63) is 24.0 Å². The summed E-state index contributed by atoms with van der Waals surface area (Å²) >= 11 is 0. The average Bonchev–Trinajstić information content (AvgIpc) is 3.30. The molecule has 5 nitrogen and oxygen atoms in total. The number of aromatic amines is 1. The fourth-order valence-electron chi connectivity index (χ4n) is 4.86. The monoisotopic (exact) mass is 316 g/mol. The Balaban J connectivity index is 1.38. The molecule has 1 aromatic heterocycles. The van der Waals surface area contributed by atoms with Crippen LogP contribution in [0, 0.1) is 5.92 Å². The number of carbonyl (C=O) groups is 1. The third-order valence-corrected chi connectivity index (χ3v) is 6.15. The van der Waals surface area contributed by atoms with Gasteiger partial charge in [0.15, 0.2) is 0 Å². The maximum atomic E-state index is 12.6. The minimum atomic E-state index is 0.166. The predicted octanol–water partition coefficient (Wildman–Crippen LogP) is 1.65. The zero-order valence-corrected chi connectivity index (χ0v) is 14.1. The first-order chi connectivity index (χ1) is 11.2. The Morgan fingerprint density at radius 2 is 2.13 bits per heavy atom. The van der Waals surface area contributed by atoms with Crippen molar-refractivity contribution in [2.24, 2.45) is 5.92 Å². The number of carbonyl (C=O) groups excluding carboxylic acids is 1. The summed E-state index contributed by atoms with van der Waals surface area (Å²) in [6.07, 6.45) is 6.91. The molecule has 4 rings (SSSR count). The molecule has 0 aliphatic carbocycles. The number of likely N-dealkylation sites (N-methyl/N-ethyl adjacent to an activating group) is 1. The summed E-state index contributed by atoms with van der Waals surface area (Å²) in [5, 5.41) is 0. The number of aromatic nitrogens is 1. The first kappa shape index (κ1) is 15.2. The summed E-state index contributed by atoms with van der Waals surface area (Å²) in [6, 6.07) is 5.11. The van der Waals surface area contributed by atoms with Gasteiger partial charge < -0.3 is 14.8 Å².